The van der Waals surface area contributed by atoms with Gasteiger partial charge in [0.2, 0.25) is 0 Å². The highest BCUT2D eigenvalue weighted by molar-refractivity contribution is 6.29. The van der Waals surface area contributed by atoms with Crippen molar-refractivity contribution in [2.75, 3.05) is 13.1 Å². The van der Waals surface area contributed by atoms with Gasteiger partial charge in [-0.3, -0.25) is 4.90 Å². The van der Waals surface area contributed by atoms with E-state index in [0.717, 1.165) is 5.92 Å². The van der Waals surface area contributed by atoms with E-state index in [1.807, 2.05) is 12.3 Å². The minimum absolute atomic E-state index is 0.451. The van der Waals surface area contributed by atoms with Crippen molar-refractivity contribution >= 4 is 11.6 Å². The average molecular weight is 239 g/mol. The Balaban J connectivity index is 2.06. The van der Waals surface area contributed by atoms with E-state index in [2.05, 4.69) is 29.8 Å². The molecule has 0 N–H and O–H groups in total. The van der Waals surface area contributed by atoms with Gasteiger partial charge in [0.05, 0.1) is 0 Å². The number of hydrogen-bond acceptors (Lipinski definition) is 2. The van der Waals surface area contributed by atoms with Crippen molar-refractivity contribution in [3.63, 3.8) is 0 Å². The highest BCUT2D eigenvalue weighted by Crippen LogP contribution is 2.26. The molecule has 1 aromatic heterocycles. The first kappa shape index (κ1) is 11.9. The van der Waals surface area contributed by atoms with Gasteiger partial charge in [-0.1, -0.05) is 24.6 Å². The summed E-state index contributed by atoms with van der Waals surface area (Å²) in [5.74, 6) is 0.816. The van der Waals surface area contributed by atoms with Crippen LogP contribution in [-0.4, -0.2) is 23.0 Å². The van der Waals surface area contributed by atoms with Gasteiger partial charge in [-0.2, -0.15) is 0 Å². The molecule has 2 atom stereocenters. The van der Waals surface area contributed by atoms with Crippen LogP contribution in [0, 0.1) is 5.92 Å². The Bertz CT molecular complexity index is 336. The second kappa shape index (κ2) is 5.15. The molecule has 3 heteroatoms. The number of hydrogen-bond donors (Lipinski definition) is 0. The van der Waals surface area contributed by atoms with Crippen LogP contribution in [0.25, 0.3) is 0 Å². The third-order valence-electron chi connectivity index (χ3n) is 3.47. The zero-order valence-corrected chi connectivity index (χ0v) is 10.7. The highest BCUT2D eigenvalue weighted by Gasteiger charge is 2.21. The lowest BCUT2D eigenvalue weighted by Gasteiger charge is -2.35. The van der Waals surface area contributed by atoms with Gasteiger partial charge in [0.1, 0.15) is 5.15 Å². The molecule has 1 aliphatic rings. The van der Waals surface area contributed by atoms with E-state index in [9.17, 15) is 0 Å². The van der Waals surface area contributed by atoms with Crippen molar-refractivity contribution in [2.45, 2.75) is 32.7 Å². The molecule has 1 saturated heterocycles. The summed E-state index contributed by atoms with van der Waals surface area (Å²) < 4.78 is 0. The average Bonchev–Trinajstić information content (AvgIpc) is 2.29. The summed E-state index contributed by atoms with van der Waals surface area (Å²) >= 11 is 5.80. The number of likely N-dealkylation sites (tertiary alicyclic amines) is 1. The van der Waals surface area contributed by atoms with Crippen molar-refractivity contribution in [3.8, 4) is 0 Å². The predicted molar refractivity (Wildman–Crippen MR) is 67.6 cm³/mol. The fourth-order valence-electron chi connectivity index (χ4n) is 2.42. The normalized spacial score (nSPS) is 24.3. The number of piperidine rings is 1. The van der Waals surface area contributed by atoms with Gasteiger partial charge in [0.25, 0.3) is 0 Å². The highest BCUT2D eigenvalue weighted by atomic mass is 35.5. The molecular formula is C13H19ClN2. The van der Waals surface area contributed by atoms with Crippen LogP contribution in [0.3, 0.4) is 0 Å². The number of pyridine rings is 1. The summed E-state index contributed by atoms with van der Waals surface area (Å²) in [6.07, 6.45) is 4.57. The SMILES string of the molecule is CC1CCCN(C(C)c2ccc(Cl)nc2)C1. The fourth-order valence-corrected chi connectivity index (χ4v) is 2.53. The summed E-state index contributed by atoms with van der Waals surface area (Å²) in [6.45, 7) is 6.99. The first-order valence-corrected chi connectivity index (χ1v) is 6.40. The van der Waals surface area contributed by atoms with Crippen LogP contribution in [-0.2, 0) is 0 Å². The maximum absolute atomic E-state index is 5.80. The number of nitrogens with zero attached hydrogens (tertiary/aromatic N) is 2. The molecule has 1 aromatic rings. The Morgan fingerprint density at radius 3 is 2.94 bits per heavy atom. The van der Waals surface area contributed by atoms with Gasteiger partial charge < -0.3 is 0 Å². The molecule has 0 spiro atoms. The van der Waals surface area contributed by atoms with E-state index < -0.39 is 0 Å². The van der Waals surface area contributed by atoms with Crippen LogP contribution in [0.2, 0.25) is 5.15 Å². The van der Waals surface area contributed by atoms with Crippen molar-refractivity contribution in [1.82, 2.24) is 9.88 Å². The Labute approximate surface area is 103 Å². The van der Waals surface area contributed by atoms with E-state index in [1.165, 1.54) is 31.5 Å². The minimum atomic E-state index is 0.451. The second-order valence-corrected chi connectivity index (χ2v) is 5.22. The van der Waals surface area contributed by atoms with Crippen molar-refractivity contribution in [1.29, 1.82) is 0 Å². The Morgan fingerprint density at radius 1 is 1.50 bits per heavy atom. The maximum atomic E-state index is 5.80. The monoisotopic (exact) mass is 238 g/mol. The predicted octanol–water partition coefficient (Wildman–Crippen LogP) is 3.53. The van der Waals surface area contributed by atoms with E-state index in [4.69, 9.17) is 11.6 Å². The molecule has 2 nitrogen and oxygen atoms in total. The Hall–Kier alpha value is -0.600. The number of aromatic nitrogens is 1. The quantitative estimate of drug-likeness (QED) is 0.733. The molecule has 2 heterocycles. The van der Waals surface area contributed by atoms with Crippen molar-refractivity contribution in [3.05, 3.63) is 29.0 Å². The lowest BCUT2D eigenvalue weighted by Crippen LogP contribution is -2.36. The van der Waals surface area contributed by atoms with Crippen LogP contribution in [0.5, 0.6) is 0 Å². The zero-order chi connectivity index (χ0) is 11.5. The smallest absolute Gasteiger partial charge is 0.129 e. The zero-order valence-electron chi connectivity index (χ0n) is 9.99. The van der Waals surface area contributed by atoms with Gasteiger partial charge in [0, 0.05) is 18.8 Å². The van der Waals surface area contributed by atoms with Crippen molar-refractivity contribution < 1.29 is 0 Å². The van der Waals surface area contributed by atoms with Gasteiger partial charge in [-0.15, -0.1) is 0 Å². The van der Waals surface area contributed by atoms with E-state index in [0.29, 0.717) is 11.2 Å². The first-order chi connectivity index (χ1) is 7.66. The van der Waals surface area contributed by atoms with Crippen LogP contribution in [0.4, 0.5) is 0 Å². The topological polar surface area (TPSA) is 16.1 Å². The summed E-state index contributed by atoms with van der Waals surface area (Å²) in [6, 6.07) is 4.41. The molecule has 16 heavy (non-hydrogen) atoms. The lowest BCUT2D eigenvalue weighted by atomic mass is 9.97. The molecule has 0 aliphatic carbocycles. The summed E-state index contributed by atoms with van der Waals surface area (Å²) in [7, 11) is 0. The first-order valence-electron chi connectivity index (χ1n) is 6.02. The van der Waals surface area contributed by atoms with Crippen LogP contribution in [0.1, 0.15) is 38.3 Å². The molecule has 0 aromatic carbocycles. The third kappa shape index (κ3) is 2.74. The van der Waals surface area contributed by atoms with Crippen LogP contribution < -0.4 is 0 Å². The Kier molecular flexibility index (Phi) is 3.82. The number of rotatable bonds is 2. The minimum Gasteiger partial charge on any atom is -0.296 e. The molecule has 0 saturated carbocycles. The molecule has 2 unspecified atom stereocenters. The maximum Gasteiger partial charge on any atom is 0.129 e. The summed E-state index contributed by atoms with van der Waals surface area (Å²) in [5.41, 5.74) is 1.26. The van der Waals surface area contributed by atoms with Crippen LogP contribution >= 0.6 is 11.6 Å². The molecular weight excluding hydrogens is 220 g/mol. The lowest BCUT2D eigenvalue weighted by molar-refractivity contribution is 0.139. The van der Waals surface area contributed by atoms with Gasteiger partial charge in [-0.05, 0) is 43.9 Å². The largest absolute Gasteiger partial charge is 0.296 e. The molecule has 0 radical (unpaired) electrons. The third-order valence-corrected chi connectivity index (χ3v) is 3.69. The van der Waals surface area contributed by atoms with Crippen LogP contribution in [0.15, 0.2) is 18.3 Å². The summed E-state index contributed by atoms with van der Waals surface area (Å²) in [5, 5.41) is 0.572. The summed E-state index contributed by atoms with van der Waals surface area (Å²) in [4.78, 5) is 6.69. The van der Waals surface area contributed by atoms with E-state index in [-0.39, 0.29) is 0 Å². The van der Waals surface area contributed by atoms with E-state index >= 15 is 0 Å². The van der Waals surface area contributed by atoms with Gasteiger partial charge in [0.15, 0.2) is 0 Å². The fraction of sp³-hybridized carbons (Fsp3) is 0.615. The molecule has 1 aliphatic heterocycles. The van der Waals surface area contributed by atoms with Gasteiger partial charge in [-0.25, -0.2) is 4.98 Å². The molecule has 0 amide bonds. The van der Waals surface area contributed by atoms with Crippen molar-refractivity contribution in [2.24, 2.45) is 5.92 Å². The Morgan fingerprint density at radius 2 is 2.31 bits per heavy atom. The number of halogens is 1. The molecule has 0 bridgehead atoms. The second-order valence-electron chi connectivity index (χ2n) is 4.83. The molecule has 2 rings (SSSR count). The molecule has 88 valence electrons. The standard InChI is InChI=1S/C13H19ClN2/c1-10-4-3-7-16(9-10)11(2)12-5-6-13(14)15-8-12/h5-6,8,10-11H,3-4,7,9H2,1-2H3. The molecule has 1 fully saturated rings. The van der Waals surface area contributed by atoms with E-state index in [1.54, 1.807) is 0 Å². The van der Waals surface area contributed by atoms with Gasteiger partial charge >= 0.3 is 0 Å².